The van der Waals surface area contributed by atoms with Gasteiger partial charge in [0.1, 0.15) is 12.4 Å². The molecule has 4 rings (SSSR count). The lowest BCUT2D eigenvalue weighted by molar-refractivity contribution is -0.131. The minimum Gasteiger partial charge on any atom is -0.491 e. The van der Waals surface area contributed by atoms with Crippen LogP contribution in [0.25, 0.3) is 10.9 Å². The van der Waals surface area contributed by atoms with Gasteiger partial charge in [0.2, 0.25) is 5.91 Å². The molecule has 0 saturated heterocycles. The van der Waals surface area contributed by atoms with Crippen LogP contribution in [0.1, 0.15) is 30.5 Å². The number of nitrogens with one attached hydrogen (secondary N) is 1. The Labute approximate surface area is 172 Å². The van der Waals surface area contributed by atoms with E-state index in [1.165, 1.54) is 5.56 Å². The molecule has 0 saturated carbocycles. The highest BCUT2D eigenvalue weighted by Gasteiger charge is 2.21. The Morgan fingerprint density at radius 3 is 2.83 bits per heavy atom. The van der Waals surface area contributed by atoms with Crippen molar-refractivity contribution in [2.75, 3.05) is 26.2 Å². The van der Waals surface area contributed by atoms with E-state index in [2.05, 4.69) is 48.0 Å². The van der Waals surface area contributed by atoms with Gasteiger partial charge in [0.05, 0.1) is 13.0 Å². The minimum atomic E-state index is 0.139. The molecule has 1 aliphatic rings. The van der Waals surface area contributed by atoms with E-state index in [1.54, 1.807) is 0 Å². The zero-order valence-electron chi connectivity index (χ0n) is 17.3. The van der Waals surface area contributed by atoms with E-state index in [-0.39, 0.29) is 5.91 Å². The number of hydrogen-bond donors (Lipinski definition) is 1. The number of nitrogens with zero attached hydrogens (tertiary/aromatic N) is 2. The molecule has 0 bridgehead atoms. The molecule has 1 aromatic heterocycles. The van der Waals surface area contributed by atoms with Crippen LogP contribution in [-0.4, -0.2) is 46.9 Å². The third-order valence-corrected chi connectivity index (χ3v) is 5.77. The normalized spacial score (nSPS) is 14.0. The third kappa shape index (κ3) is 4.30. The SMILES string of the molecule is CCN(CC)Cc1ccc2c(c1)CN(C(=O)Cc1c[nH]c3ccccc13)CCO2. The number of carbonyl (C=O) groups is 1. The van der Waals surface area contributed by atoms with Gasteiger partial charge in [-0.2, -0.15) is 0 Å². The zero-order valence-corrected chi connectivity index (χ0v) is 17.3. The van der Waals surface area contributed by atoms with Crippen LogP contribution in [0.3, 0.4) is 0 Å². The van der Waals surface area contributed by atoms with Gasteiger partial charge in [-0.15, -0.1) is 0 Å². The molecule has 0 fully saturated rings. The number of carbonyl (C=O) groups excluding carboxylic acids is 1. The summed E-state index contributed by atoms with van der Waals surface area (Å²) in [6.45, 7) is 9.08. The molecule has 5 nitrogen and oxygen atoms in total. The number of benzene rings is 2. The Morgan fingerprint density at radius 2 is 2.00 bits per heavy atom. The van der Waals surface area contributed by atoms with Gasteiger partial charge in [-0.25, -0.2) is 0 Å². The monoisotopic (exact) mass is 391 g/mol. The molecule has 2 heterocycles. The second-order valence-electron chi connectivity index (χ2n) is 7.60. The second kappa shape index (κ2) is 8.70. The van der Waals surface area contributed by atoms with Gasteiger partial charge in [-0.3, -0.25) is 9.69 Å². The standard InChI is InChI=1S/C24H29N3O2/c1-3-26(4-2)16-18-9-10-23-20(13-18)17-27(11-12-29-23)24(28)14-19-15-25-22-8-6-5-7-21(19)22/h5-10,13,15,25H,3-4,11-12,14,16-17H2,1-2H3. The molecule has 5 heteroatoms. The fraction of sp³-hybridized carbons (Fsp3) is 0.375. The molecule has 1 aliphatic heterocycles. The zero-order chi connectivity index (χ0) is 20.2. The Balaban J connectivity index is 1.50. The van der Waals surface area contributed by atoms with E-state index in [1.807, 2.05) is 29.3 Å². The number of aromatic nitrogens is 1. The van der Waals surface area contributed by atoms with Crippen molar-refractivity contribution in [3.05, 3.63) is 65.4 Å². The number of fused-ring (bicyclic) bond motifs is 2. The average Bonchev–Trinajstić information content (AvgIpc) is 3.02. The van der Waals surface area contributed by atoms with Crippen LogP contribution < -0.4 is 4.74 Å². The van der Waals surface area contributed by atoms with E-state index in [9.17, 15) is 4.79 Å². The fourth-order valence-electron chi connectivity index (χ4n) is 4.02. The molecule has 1 amide bonds. The number of aromatic amines is 1. The molecular formula is C24H29N3O2. The maximum atomic E-state index is 13.1. The Bertz CT molecular complexity index is 991. The van der Waals surface area contributed by atoms with Crippen LogP contribution >= 0.6 is 0 Å². The van der Waals surface area contributed by atoms with Gasteiger partial charge < -0.3 is 14.6 Å². The molecule has 0 atom stereocenters. The van der Waals surface area contributed by atoms with E-state index in [0.717, 1.165) is 47.4 Å². The molecule has 0 unspecified atom stereocenters. The highest BCUT2D eigenvalue weighted by molar-refractivity contribution is 5.88. The summed E-state index contributed by atoms with van der Waals surface area (Å²) in [5.41, 5.74) is 4.48. The molecule has 152 valence electrons. The van der Waals surface area contributed by atoms with Crippen molar-refractivity contribution in [2.45, 2.75) is 33.4 Å². The molecular weight excluding hydrogens is 362 g/mol. The van der Waals surface area contributed by atoms with E-state index < -0.39 is 0 Å². The number of H-pyrrole nitrogens is 1. The Kier molecular flexibility index (Phi) is 5.86. The number of ether oxygens (including phenoxy) is 1. The van der Waals surface area contributed by atoms with Crippen LogP contribution in [0.4, 0.5) is 0 Å². The summed E-state index contributed by atoms with van der Waals surface area (Å²) in [4.78, 5) is 20.6. The molecule has 0 spiro atoms. The first-order valence-corrected chi connectivity index (χ1v) is 10.5. The number of hydrogen-bond acceptors (Lipinski definition) is 3. The highest BCUT2D eigenvalue weighted by atomic mass is 16.5. The van der Waals surface area contributed by atoms with Crippen LogP contribution in [0.2, 0.25) is 0 Å². The van der Waals surface area contributed by atoms with Crippen molar-refractivity contribution in [3.63, 3.8) is 0 Å². The van der Waals surface area contributed by atoms with E-state index in [4.69, 9.17) is 4.74 Å². The minimum absolute atomic E-state index is 0.139. The van der Waals surface area contributed by atoms with Gasteiger partial charge in [0.25, 0.3) is 0 Å². The lowest BCUT2D eigenvalue weighted by atomic mass is 10.1. The van der Waals surface area contributed by atoms with Gasteiger partial charge in [0, 0.05) is 35.8 Å². The van der Waals surface area contributed by atoms with Crippen LogP contribution in [0.15, 0.2) is 48.7 Å². The lowest BCUT2D eigenvalue weighted by Gasteiger charge is -2.21. The maximum absolute atomic E-state index is 13.1. The topological polar surface area (TPSA) is 48.6 Å². The van der Waals surface area contributed by atoms with Crippen molar-refractivity contribution < 1.29 is 9.53 Å². The summed E-state index contributed by atoms with van der Waals surface area (Å²) >= 11 is 0. The molecule has 0 radical (unpaired) electrons. The van der Waals surface area contributed by atoms with Gasteiger partial charge in [-0.05, 0) is 42.4 Å². The van der Waals surface area contributed by atoms with Gasteiger partial charge >= 0.3 is 0 Å². The molecule has 2 aromatic carbocycles. The molecule has 1 N–H and O–H groups in total. The van der Waals surface area contributed by atoms with Gasteiger partial charge in [-0.1, -0.05) is 38.1 Å². The Morgan fingerprint density at radius 1 is 1.17 bits per heavy atom. The molecule has 29 heavy (non-hydrogen) atoms. The third-order valence-electron chi connectivity index (χ3n) is 5.77. The second-order valence-corrected chi connectivity index (χ2v) is 7.60. The summed E-state index contributed by atoms with van der Waals surface area (Å²) in [6.07, 6.45) is 2.35. The largest absolute Gasteiger partial charge is 0.491 e. The lowest BCUT2D eigenvalue weighted by Crippen LogP contribution is -2.33. The first-order valence-electron chi connectivity index (χ1n) is 10.5. The summed E-state index contributed by atoms with van der Waals surface area (Å²) in [7, 11) is 0. The van der Waals surface area contributed by atoms with Crippen LogP contribution in [-0.2, 0) is 24.3 Å². The van der Waals surface area contributed by atoms with Crippen molar-refractivity contribution in [2.24, 2.45) is 0 Å². The first kappa shape index (κ1) is 19.5. The number of para-hydroxylation sites is 1. The van der Waals surface area contributed by atoms with E-state index in [0.29, 0.717) is 26.1 Å². The predicted octanol–water partition coefficient (Wildman–Crippen LogP) is 3.97. The smallest absolute Gasteiger partial charge is 0.227 e. The van der Waals surface area contributed by atoms with E-state index >= 15 is 0 Å². The quantitative estimate of drug-likeness (QED) is 0.692. The summed E-state index contributed by atoms with van der Waals surface area (Å²) in [6, 6.07) is 14.5. The summed E-state index contributed by atoms with van der Waals surface area (Å²) < 4.78 is 5.93. The fourth-order valence-corrected chi connectivity index (χ4v) is 4.02. The van der Waals surface area contributed by atoms with Crippen molar-refractivity contribution >= 4 is 16.8 Å². The van der Waals surface area contributed by atoms with Crippen molar-refractivity contribution in [1.82, 2.24) is 14.8 Å². The highest BCUT2D eigenvalue weighted by Crippen LogP contribution is 2.26. The first-order chi connectivity index (χ1) is 14.2. The average molecular weight is 392 g/mol. The predicted molar refractivity (Wildman–Crippen MR) is 116 cm³/mol. The molecule has 0 aliphatic carbocycles. The van der Waals surface area contributed by atoms with Gasteiger partial charge in [0.15, 0.2) is 0 Å². The number of amides is 1. The number of rotatable bonds is 6. The van der Waals surface area contributed by atoms with Crippen LogP contribution in [0, 0.1) is 0 Å². The van der Waals surface area contributed by atoms with Crippen LogP contribution in [0.5, 0.6) is 5.75 Å². The molecule has 3 aromatic rings. The summed E-state index contributed by atoms with van der Waals surface area (Å²) in [5, 5.41) is 1.12. The van der Waals surface area contributed by atoms with Crippen molar-refractivity contribution in [1.29, 1.82) is 0 Å². The summed E-state index contributed by atoms with van der Waals surface area (Å²) in [5.74, 6) is 1.04. The van der Waals surface area contributed by atoms with Crippen molar-refractivity contribution in [3.8, 4) is 5.75 Å². The Hall–Kier alpha value is -2.79. The maximum Gasteiger partial charge on any atom is 0.227 e.